The maximum Gasteiger partial charge on any atom is 0.269 e. The monoisotopic (exact) mass is 399 g/mol. The minimum atomic E-state index is -1.24. The Kier molecular flexibility index (Phi) is 7.06. The molecule has 5 nitrogen and oxygen atoms in total. The quantitative estimate of drug-likeness (QED) is 0.185. The number of nitrogens with zero attached hydrogens (tertiary/aromatic N) is 1. The summed E-state index contributed by atoms with van der Waals surface area (Å²) in [6.45, 7) is 0. The van der Waals surface area contributed by atoms with Crippen molar-refractivity contribution in [1.29, 1.82) is 0 Å². The fourth-order valence-electron chi connectivity index (χ4n) is 3.02. The van der Waals surface area contributed by atoms with E-state index < -0.39 is 11.0 Å². The van der Waals surface area contributed by atoms with Crippen LogP contribution in [0.15, 0.2) is 102 Å². The lowest BCUT2D eigenvalue weighted by molar-refractivity contribution is -0.384. The molecule has 0 unspecified atom stereocenters. The van der Waals surface area contributed by atoms with Gasteiger partial charge in [-0.25, -0.2) is 0 Å². The lowest BCUT2D eigenvalue weighted by Crippen LogP contribution is -2.11. The zero-order valence-electron chi connectivity index (χ0n) is 16.3. The third-order valence-corrected chi connectivity index (χ3v) is 4.65. The summed E-state index contributed by atoms with van der Waals surface area (Å²) in [6, 6.07) is 24.1. The largest absolute Gasteiger partial charge is 0.383 e. The van der Waals surface area contributed by atoms with Crippen LogP contribution in [0.3, 0.4) is 0 Å². The second-order valence-electron chi connectivity index (χ2n) is 6.73. The van der Waals surface area contributed by atoms with E-state index in [4.69, 9.17) is 0 Å². The van der Waals surface area contributed by atoms with Crippen LogP contribution in [0.25, 0.3) is 0 Å². The molecule has 3 rings (SSSR count). The number of rotatable bonds is 8. The van der Waals surface area contributed by atoms with E-state index in [0.29, 0.717) is 17.5 Å². The van der Waals surface area contributed by atoms with Gasteiger partial charge in [0.05, 0.1) is 10.5 Å². The van der Waals surface area contributed by atoms with Crippen molar-refractivity contribution in [2.45, 2.75) is 18.9 Å². The molecular weight excluding hydrogens is 378 g/mol. The van der Waals surface area contributed by atoms with Gasteiger partial charge in [-0.1, -0.05) is 60.7 Å². The van der Waals surface area contributed by atoms with Crippen molar-refractivity contribution < 1.29 is 14.8 Å². The first-order valence-corrected chi connectivity index (χ1v) is 9.57. The summed E-state index contributed by atoms with van der Waals surface area (Å²) < 4.78 is 0. The Balaban J connectivity index is 1.89. The highest BCUT2D eigenvalue weighted by molar-refractivity contribution is 6.09. The molecule has 0 fully saturated rings. The van der Waals surface area contributed by atoms with Crippen LogP contribution in [-0.2, 0) is 6.42 Å². The summed E-state index contributed by atoms with van der Waals surface area (Å²) in [5.41, 5.74) is 5.01. The first-order chi connectivity index (χ1) is 14.6. The van der Waals surface area contributed by atoms with E-state index >= 15 is 0 Å². The Morgan fingerprint density at radius 3 is 2.17 bits per heavy atom. The lowest BCUT2D eigenvalue weighted by atomic mass is 9.94. The third kappa shape index (κ3) is 5.39. The van der Waals surface area contributed by atoms with Crippen molar-refractivity contribution in [3.05, 3.63) is 129 Å². The van der Waals surface area contributed by atoms with Gasteiger partial charge in [0.15, 0.2) is 5.78 Å². The van der Waals surface area contributed by atoms with E-state index in [-0.39, 0.29) is 17.0 Å². The van der Waals surface area contributed by atoms with Crippen LogP contribution in [0.1, 0.15) is 34.0 Å². The number of aryl methyl sites for hydroxylation is 1. The van der Waals surface area contributed by atoms with Crippen molar-refractivity contribution in [3.8, 4) is 0 Å². The van der Waals surface area contributed by atoms with Gasteiger partial charge in [-0.2, -0.15) is 0 Å². The molecule has 0 amide bonds. The number of hydrogen-bond donors (Lipinski definition) is 1. The molecule has 0 saturated carbocycles. The molecule has 0 radical (unpaired) electrons. The summed E-state index contributed by atoms with van der Waals surface area (Å²) in [6.07, 6.45) is 1.95. The minimum Gasteiger partial charge on any atom is -0.383 e. The summed E-state index contributed by atoms with van der Waals surface area (Å²) in [5.74, 6) is -0.336. The summed E-state index contributed by atoms with van der Waals surface area (Å²) in [4.78, 5) is 23.4. The first kappa shape index (κ1) is 20.9. The second kappa shape index (κ2) is 10.1. The van der Waals surface area contributed by atoms with Crippen molar-refractivity contribution >= 4 is 11.5 Å². The zero-order valence-corrected chi connectivity index (χ0v) is 16.3. The number of hydrogen-bond acceptors (Lipinski definition) is 4. The number of benzene rings is 3. The Labute approximate surface area is 174 Å². The van der Waals surface area contributed by atoms with Gasteiger partial charge in [0.25, 0.3) is 5.69 Å². The molecule has 1 atom stereocenters. The predicted molar refractivity (Wildman–Crippen MR) is 115 cm³/mol. The van der Waals surface area contributed by atoms with Crippen molar-refractivity contribution in [2.24, 2.45) is 0 Å². The summed E-state index contributed by atoms with van der Waals surface area (Å²) in [5, 5.41) is 21.7. The number of non-ortho nitro benzene ring substituents is 1. The van der Waals surface area contributed by atoms with Crippen LogP contribution in [-0.4, -0.2) is 15.8 Å². The summed E-state index contributed by atoms with van der Waals surface area (Å²) >= 11 is 0. The van der Waals surface area contributed by atoms with Crippen LogP contribution < -0.4 is 0 Å². The Hall–Kier alpha value is -3.79. The summed E-state index contributed by atoms with van der Waals surface area (Å²) in [7, 11) is 0. The van der Waals surface area contributed by atoms with Gasteiger partial charge in [-0.3, -0.25) is 14.9 Å². The third-order valence-electron chi connectivity index (χ3n) is 4.65. The van der Waals surface area contributed by atoms with Crippen LogP contribution in [0.4, 0.5) is 5.69 Å². The number of carbonyl (C=O) groups excluding carboxylic acids is 1. The molecule has 30 heavy (non-hydrogen) atoms. The fraction of sp³-hybridized carbons (Fsp3) is 0.120. The number of nitro benzene ring substituents is 1. The van der Waals surface area contributed by atoms with Crippen molar-refractivity contribution in [2.75, 3.05) is 0 Å². The van der Waals surface area contributed by atoms with Gasteiger partial charge >= 0.3 is 0 Å². The van der Waals surface area contributed by atoms with Crippen LogP contribution in [0.5, 0.6) is 0 Å². The van der Waals surface area contributed by atoms with Crippen LogP contribution >= 0.6 is 0 Å². The number of nitro groups is 1. The van der Waals surface area contributed by atoms with E-state index in [1.54, 1.807) is 30.3 Å². The van der Waals surface area contributed by atoms with Gasteiger partial charge in [-0.05, 0) is 42.2 Å². The SMILES string of the molecule is O=C(C(=C=CCCc1ccccc1)[C@H](O)c1ccc([N+](=O)[O-])cc1)c1ccccc1. The molecule has 5 heteroatoms. The molecule has 3 aromatic rings. The molecule has 0 aromatic heterocycles. The fourth-order valence-corrected chi connectivity index (χ4v) is 3.02. The molecule has 0 aliphatic heterocycles. The molecule has 0 heterocycles. The van der Waals surface area contributed by atoms with Gasteiger partial charge in [0.2, 0.25) is 0 Å². The van der Waals surface area contributed by atoms with Gasteiger partial charge in [0.1, 0.15) is 6.10 Å². The van der Waals surface area contributed by atoms with Crippen molar-refractivity contribution in [3.63, 3.8) is 0 Å². The smallest absolute Gasteiger partial charge is 0.269 e. The predicted octanol–water partition coefficient (Wildman–Crippen LogP) is 5.23. The highest BCUT2D eigenvalue weighted by atomic mass is 16.6. The molecule has 150 valence electrons. The number of carbonyl (C=O) groups is 1. The highest BCUT2D eigenvalue weighted by Crippen LogP contribution is 2.26. The standard InChI is InChI=1S/C25H21NO4/c27-24(20-12-5-2-6-13-20)23(14-8-7-11-19-9-3-1-4-10-19)25(28)21-15-17-22(18-16-21)26(29)30/h1-6,8-10,12-13,15-18,25,28H,7,11H2/t14?,25-/m1/s1. The second-order valence-corrected chi connectivity index (χ2v) is 6.73. The molecule has 0 aliphatic rings. The lowest BCUT2D eigenvalue weighted by Gasteiger charge is -2.13. The molecule has 0 aliphatic carbocycles. The van der Waals surface area contributed by atoms with Crippen LogP contribution in [0, 0.1) is 10.1 Å². The average Bonchev–Trinajstić information content (AvgIpc) is 2.79. The van der Waals surface area contributed by atoms with Gasteiger partial charge in [-0.15, -0.1) is 5.73 Å². The van der Waals surface area contributed by atoms with Gasteiger partial charge in [0, 0.05) is 17.7 Å². The van der Waals surface area contributed by atoms with Crippen molar-refractivity contribution in [1.82, 2.24) is 0 Å². The van der Waals surface area contributed by atoms with E-state index in [0.717, 1.165) is 6.42 Å². The normalized spacial score (nSPS) is 11.2. The van der Waals surface area contributed by atoms with E-state index in [1.165, 1.54) is 29.8 Å². The maximum atomic E-state index is 13.0. The molecule has 0 saturated heterocycles. The average molecular weight is 399 g/mol. The molecule has 0 spiro atoms. The Bertz CT molecular complexity index is 1070. The Morgan fingerprint density at radius 2 is 1.57 bits per heavy atom. The number of aliphatic hydroxyl groups excluding tert-OH is 1. The van der Waals surface area contributed by atoms with E-state index in [1.807, 2.05) is 36.4 Å². The van der Waals surface area contributed by atoms with Crippen LogP contribution in [0.2, 0.25) is 0 Å². The maximum absolute atomic E-state index is 13.0. The van der Waals surface area contributed by atoms with E-state index in [2.05, 4.69) is 5.73 Å². The highest BCUT2D eigenvalue weighted by Gasteiger charge is 2.22. The zero-order chi connectivity index (χ0) is 21.3. The number of ketones is 1. The molecular formula is C25H21NO4. The van der Waals surface area contributed by atoms with Gasteiger partial charge < -0.3 is 5.11 Å². The minimum absolute atomic E-state index is 0.0794. The molecule has 1 N–H and O–H groups in total. The van der Waals surface area contributed by atoms with E-state index in [9.17, 15) is 20.0 Å². The first-order valence-electron chi connectivity index (χ1n) is 9.57. The molecule has 0 bridgehead atoms. The molecule has 3 aromatic carbocycles. The number of Topliss-reactive ketones (excluding diaryl/α,β-unsaturated/α-hetero) is 1. The Morgan fingerprint density at radius 1 is 0.967 bits per heavy atom. The number of aliphatic hydroxyl groups is 1. The topological polar surface area (TPSA) is 80.4 Å².